The van der Waals surface area contributed by atoms with Crippen molar-refractivity contribution in [2.24, 2.45) is 5.92 Å². The summed E-state index contributed by atoms with van der Waals surface area (Å²) in [6, 6.07) is 15.6. The molecule has 0 aromatic heterocycles. The van der Waals surface area contributed by atoms with E-state index in [4.69, 9.17) is 4.74 Å². The van der Waals surface area contributed by atoms with Crippen LogP contribution in [-0.2, 0) is 4.79 Å². The van der Waals surface area contributed by atoms with Crippen molar-refractivity contribution in [3.8, 4) is 5.75 Å². The van der Waals surface area contributed by atoms with Crippen molar-refractivity contribution in [2.45, 2.75) is 12.8 Å². The van der Waals surface area contributed by atoms with E-state index in [1.54, 1.807) is 6.20 Å². The maximum atomic E-state index is 12.1. The number of nitrogens with zero attached hydrogens (tertiary/aromatic N) is 1. The number of hydrogen-bond acceptors (Lipinski definition) is 4. The summed E-state index contributed by atoms with van der Waals surface area (Å²) in [5.41, 5.74) is 3.34. The maximum Gasteiger partial charge on any atom is 0.257 e. The van der Waals surface area contributed by atoms with Crippen molar-refractivity contribution in [3.63, 3.8) is 0 Å². The first-order valence-electron chi connectivity index (χ1n) is 9.48. The summed E-state index contributed by atoms with van der Waals surface area (Å²) in [5.74, 6) is 1.40. The minimum atomic E-state index is -0.0823. The second kappa shape index (κ2) is 7.84. The number of carbonyl (C=O) groups excluding carboxylic acids is 1. The van der Waals surface area contributed by atoms with E-state index in [0.717, 1.165) is 35.8 Å². The summed E-state index contributed by atoms with van der Waals surface area (Å²) < 4.78 is 5.96. The molecule has 1 fully saturated rings. The first-order valence-corrected chi connectivity index (χ1v) is 9.48. The molecule has 2 aromatic rings. The molecule has 0 bridgehead atoms. The van der Waals surface area contributed by atoms with Gasteiger partial charge in [0, 0.05) is 35.6 Å². The summed E-state index contributed by atoms with van der Waals surface area (Å²) in [6.07, 6.45) is 4.24. The lowest BCUT2D eigenvalue weighted by Crippen LogP contribution is -2.34. The minimum Gasteiger partial charge on any atom is -0.493 e. The number of benzene rings is 2. The molecule has 2 heterocycles. The average Bonchev–Trinajstić information content (AvgIpc) is 3.01. The lowest BCUT2D eigenvalue weighted by molar-refractivity contribution is -0.110. The average molecular weight is 363 g/mol. The number of amides is 1. The van der Waals surface area contributed by atoms with Gasteiger partial charge in [-0.05, 0) is 56.8 Å². The van der Waals surface area contributed by atoms with Crippen LogP contribution in [0.4, 0.5) is 11.4 Å². The van der Waals surface area contributed by atoms with Gasteiger partial charge in [0.1, 0.15) is 5.75 Å². The fourth-order valence-electron chi connectivity index (χ4n) is 3.71. The van der Waals surface area contributed by atoms with E-state index >= 15 is 0 Å². The number of nitrogens with one attached hydrogen (secondary N) is 2. The predicted molar refractivity (Wildman–Crippen MR) is 109 cm³/mol. The van der Waals surface area contributed by atoms with Crippen molar-refractivity contribution in [3.05, 3.63) is 60.3 Å². The Morgan fingerprint density at radius 1 is 1.22 bits per heavy atom. The molecule has 5 heteroatoms. The Kier molecular flexibility index (Phi) is 5.12. The fraction of sp³-hybridized carbons (Fsp3) is 0.318. The molecule has 2 aliphatic rings. The number of likely N-dealkylation sites (tertiary alicyclic amines) is 1. The summed E-state index contributed by atoms with van der Waals surface area (Å²) in [4.78, 5) is 14.5. The van der Waals surface area contributed by atoms with E-state index in [9.17, 15) is 4.79 Å². The molecule has 2 N–H and O–H groups in total. The van der Waals surface area contributed by atoms with Crippen LogP contribution in [0.3, 0.4) is 0 Å². The highest BCUT2D eigenvalue weighted by Crippen LogP contribution is 2.31. The molecule has 0 radical (unpaired) electrons. The quantitative estimate of drug-likeness (QED) is 0.793. The third kappa shape index (κ3) is 4.14. The van der Waals surface area contributed by atoms with Crippen molar-refractivity contribution in [2.75, 3.05) is 37.4 Å². The highest BCUT2D eigenvalue weighted by molar-refractivity contribution is 6.31. The van der Waals surface area contributed by atoms with E-state index < -0.39 is 0 Å². The monoisotopic (exact) mass is 363 g/mol. The maximum absolute atomic E-state index is 12.1. The van der Waals surface area contributed by atoms with Gasteiger partial charge in [0.2, 0.25) is 0 Å². The second-order valence-electron chi connectivity index (χ2n) is 7.31. The first-order chi connectivity index (χ1) is 13.2. The molecule has 5 nitrogen and oxygen atoms in total. The Labute approximate surface area is 160 Å². The highest BCUT2D eigenvalue weighted by Gasteiger charge is 2.23. The Morgan fingerprint density at radius 2 is 2.04 bits per heavy atom. The molecule has 27 heavy (non-hydrogen) atoms. The van der Waals surface area contributed by atoms with E-state index in [-0.39, 0.29) is 5.91 Å². The number of anilines is 2. The standard InChI is InChI=1S/C22H25N3O2/c1-25-12-4-5-16(14-25)15-27-18-10-8-17(9-11-18)23-13-20-19-6-2-3-7-21(19)24-22(20)26/h2-3,6-11,13,16,23H,4-5,12,14-15H2,1H3,(H,24,26). The molecular formula is C22H25N3O2. The SMILES string of the molecule is CN1CCCC(COc2ccc(NC=C3C(=O)Nc4ccccc43)cc2)C1. The Bertz CT molecular complexity index is 845. The van der Waals surface area contributed by atoms with E-state index in [2.05, 4.69) is 22.6 Å². The van der Waals surface area contributed by atoms with Crippen LogP contribution in [0.25, 0.3) is 5.57 Å². The molecule has 1 amide bonds. The molecule has 140 valence electrons. The molecule has 0 spiro atoms. The Balaban J connectivity index is 1.35. The number of hydrogen-bond donors (Lipinski definition) is 2. The minimum absolute atomic E-state index is 0.0823. The van der Waals surface area contributed by atoms with Gasteiger partial charge in [-0.15, -0.1) is 0 Å². The van der Waals surface area contributed by atoms with E-state index in [1.165, 1.54) is 19.4 Å². The Morgan fingerprint density at radius 3 is 2.85 bits per heavy atom. The van der Waals surface area contributed by atoms with Gasteiger partial charge in [-0.2, -0.15) is 0 Å². The van der Waals surface area contributed by atoms with Crippen LogP contribution in [0.5, 0.6) is 5.75 Å². The molecule has 1 atom stereocenters. The summed E-state index contributed by atoms with van der Waals surface area (Å²) in [5, 5.41) is 6.08. The molecule has 1 unspecified atom stereocenters. The molecule has 2 aliphatic heterocycles. The van der Waals surface area contributed by atoms with E-state index in [0.29, 0.717) is 11.5 Å². The van der Waals surface area contributed by atoms with Crippen molar-refractivity contribution in [1.29, 1.82) is 0 Å². The van der Waals surface area contributed by atoms with Gasteiger partial charge in [0.25, 0.3) is 5.91 Å². The number of piperidine rings is 1. The van der Waals surface area contributed by atoms with Crippen LogP contribution in [0.15, 0.2) is 54.7 Å². The van der Waals surface area contributed by atoms with Crippen LogP contribution in [-0.4, -0.2) is 37.6 Å². The van der Waals surface area contributed by atoms with Gasteiger partial charge in [0.15, 0.2) is 0 Å². The fourth-order valence-corrected chi connectivity index (χ4v) is 3.71. The smallest absolute Gasteiger partial charge is 0.257 e. The number of carbonyl (C=O) groups is 1. The molecular weight excluding hydrogens is 338 g/mol. The van der Waals surface area contributed by atoms with Gasteiger partial charge in [-0.25, -0.2) is 0 Å². The zero-order valence-corrected chi connectivity index (χ0v) is 15.6. The molecule has 4 rings (SSSR count). The van der Waals surface area contributed by atoms with Crippen LogP contribution < -0.4 is 15.4 Å². The number of ether oxygens (including phenoxy) is 1. The van der Waals surface area contributed by atoms with Gasteiger partial charge >= 0.3 is 0 Å². The van der Waals surface area contributed by atoms with Crippen molar-refractivity contribution >= 4 is 22.9 Å². The van der Waals surface area contributed by atoms with Gasteiger partial charge in [-0.3, -0.25) is 4.79 Å². The lowest BCUT2D eigenvalue weighted by atomic mass is 10.00. The van der Waals surface area contributed by atoms with Crippen LogP contribution in [0, 0.1) is 5.92 Å². The van der Waals surface area contributed by atoms with E-state index in [1.807, 2.05) is 48.5 Å². The van der Waals surface area contributed by atoms with Crippen LogP contribution in [0.1, 0.15) is 18.4 Å². The van der Waals surface area contributed by atoms with Gasteiger partial charge in [-0.1, -0.05) is 18.2 Å². The van der Waals surface area contributed by atoms with Gasteiger partial charge < -0.3 is 20.3 Å². The third-order valence-electron chi connectivity index (χ3n) is 5.16. The molecule has 0 saturated carbocycles. The number of para-hydroxylation sites is 1. The zero-order valence-electron chi connectivity index (χ0n) is 15.6. The topological polar surface area (TPSA) is 53.6 Å². The summed E-state index contributed by atoms with van der Waals surface area (Å²) in [6.45, 7) is 3.06. The normalized spacial score (nSPS) is 21.0. The van der Waals surface area contributed by atoms with Gasteiger partial charge in [0.05, 0.1) is 12.2 Å². The second-order valence-corrected chi connectivity index (χ2v) is 7.31. The van der Waals surface area contributed by atoms with Crippen LogP contribution in [0.2, 0.25) is 0 Å². The van der Waals surface area contributed by atoms with Crippen LogP contribution >= 0.6 is 0 Å². The largest absolute Gasteiger partial charge is 0.493 e. The molecule has 1 saturated heterocycles. The predicted octanol–water partition coefficient (Wildman–Crippen LogP) is 3.81. The zero-order chi connectivity index (χ0) is 18.6. The number of rotatable bonds is 5. The summed E-state index contributed by atoms with van der Waals surface area (Å²) in [7, 11) is 2.17. The molecule has 0 aliphatic carbocycles. The number of fused-ring (bicyclic) bond motifs is 1. The third-order valence-corrected chi connectivity index (χ3v) is 5.16. The highest BCUT2D eigenvalue weighted by atomic mass is 16.5. The van der Waals surface area contributed by atoms with Crippen molar-refractivity contribution in [1.82, 2.24) is 4.90 Å². The first kappa shape index (κ1) is 17.6. The lowest BCUT2D eigenvalue weighted by Gasteiger charge is -2.29. The Hall–Kier alpha value is -2.79. The summed E-state index contributed by atoms with van der Waals surface area (Å²) >= 11 is 0. The van der Waals surface area contributed by atoms with Crippen molar-refractivity contribution < 1.29 is 9.53 Å². The molecule has 2 aromatic carbocycles.